The van der Waals surface area contributed by atoms with Crippen LogP contribution in [0.4, 0.5) is 0 Å². The van der Waals surface area contributed by atoms with E-state index in [2.05, 4.69) is 39.2 Å². The molecular formula is C14H27NO4Si. The van der Waals surface area contributed by atoms with E-state index in [1.165, 1.54) is 0 Å². The highest BCUT2D eigenvalue weighted by Crippen LogP contribution is 2.36. The zero-order valence-corrected chi connectivity index (χ0v) is 14.2. The van der Waals surface area contributed by atoms with Gasteiger partial charge in [0, 0.05) is 18.9 Å². The van der Waals surface area contributed by atoms with Crippen molar-refractivity contribution in [1.29, 1.82) is 0 Å². The molecule has 1 rings (SSSR count). The van der Waals surface area contributed by atoms with Crippen LogP contribution in [0.3, 0.4) is 0 Å². The molecule has 0 heterocycles. The van der Waals surface area contributed by atoms with Crippen LogP contribution in [-0.4, -0.2) is 37.9 Å². The monoisotopic (exact) mass is 301 g/mol. The van der Waals surface area contributed by atoms with Gasteiger partial charge < -0.3 is 14.8 Å². The highest BCUT2D eigenvalue weighted by molar-refractivity contribution is 6.74. The first-order chi connectivity index (χ1) is 9.04. The lowest BCUT2D eigenvalue weighted by atomic mass is 10.2. The molecule has 1 amide bonds. The number of amides is 1. The predicted molar refractivity (Wildman–Crippen MR) is 80.1 cm³/mol. The fourth-order valence-electron chi connectivity index (χ4n) is 1.54. The van der Waals surface area contributed by atoms with Crippen molar-refractivity contribution in [3.05, 3.63) is 0 Å². The van der Waals surface area contributed by atoms with Gasteiger partial charge in [0.05, 0.1) is 0 Å². The summed E-state index contributed by atoms with van der Waals surface area (Å²) in [6.07, 6.45) is 2.07. The van der Waals surface area contributed by atoms with Gasteiger partial charge in [-0.05, 0) is 31.0 Å². The highest BCUT2D eigenvalue weighted by atomic mass is 28.4. The molecule has 0 aromatic heterocycles. The number of carbonyl (C=O) groups excluding carboxylic acids is 1. The Bertz CT molecular complexity index is 372. The van der Waals surface area contributed by atoms with E-state index in [9.17, 15) is 9.59 Å². The van der Waals surface area contributed by atoms with Gasteiger partial charge in [0.1, 0.15) is 6.04 Å². The van der Waals surface area contributed by atoms with E-state index in [4.69, 9.17) is 9.53 Å². The van der Waals surface area contributed by atoms with Gasteiger partial charge in [-0.15, -0.1) is 0 Å². The number of carboxylic acid groups (broad SMARTS) is 1. The number of carbonyl (C=O) groups is 2. The summed E-state index contributed by atoms with van der Waals surface area (Å²) in [5, 5.41) is 11.9. The van der Waals surface area contributed by atoms with Crippen molar-refractivity contribution in [3.8, 4) is 0 Å². The SMILES string of the molecule is CC(C)(C)[Si](C)(C)OCC[C@@H](NC(=O)C1CC1)C(=O)O. The first kappa shape index (κ1) is 17.2. The molecule has 0 aromatic rings. The summed E-state index contributed by atoms with van der Waals surface area (Å²) in [6.45, 7) is 11.1. The van der Waals surface area contributed by atoms with E-state index in [-0.39, 0.29) is 16.9 Å². The molecule has 1 fully saturated rings. The zero-order chi connectivity index (χ0) is 15.6. The first-order valence-electron chi connectivity index (χ1n) is 7.22. The van der Waals surface area contributed by atoms with Gasteiger partial charge in [-0.1, -0.05) is 20.8 Å². The lowest BCUT2D eigenvalue weighted by Gasteiger charge is -2.36. The fourth-order valence-corrected chi connectivity index (χ4v) is 2.60. The molecule has 0 unspecified atom stereocenters. The lowest BCUT2D eigenvalue weighted by Crippen LogP contribution is -2.45. The Labute approximate surface area is 122 Å². The van der Waals surface area contributed by atoms with Crippen LogP contribution in [0.25, 0.3) is 0 Å². The van der Waals surface area contributed by atoms with Gasteiger partial charge in [0.25, 0.3) is 0 Å². The number of carboxylic acids is 1. The molecular weight excluding hydrogens is 274 g/mol. The summed E-state index contributed by atoms with van der Waals surface area (Å²) >= 11 is 0. The van der Waals surface area contributed by atoms with Crippen LogP contribution in [0.5, 0.6) is 0 Å². The molecule has 1 aliphatic carbocycles. The third-order valence-electron chi connectivity index (χ3n) is 4.24. The average Bonchev–Trinajstić information content (AvgIpc) is 3.09. The molecule has 0 saturated heterocycles. The minimum atomic E-state index is -1.86. The maximum atomic E-state index is 11.6. The van der Waals surface area contributed by atoms with E-state index >= 15 is 0 Å². The van der Waals surface area contributed by atoms with Crippen LogP contribution in [0.2, 0.25) is 18.1 Å². The predicted octanol–water partition coefficient (Wildman–Crippen LogP) is 2.38. The molecule has 1 saturated carbocycles. The van der Waals surface area contributed by atoms with Crippen molar-refractivity contribution in [3.63, 3.8) is 0 Å². The molecule has 0 spiro atoms. The fraction of sp³-hybridized carbons (Fsp3) is 0.857. The highest BCUT2D eigenvalue weighted by Gasteiger charge is 2.37. The van der Waals surface area contributed by atoms with E-state index in [1.807, 2.05) is 0 Å². The number of hydrogen-bond acceptors (Lipinski definition) is 3. The molecule has 0 radical (unpaired) electrons. The molecule has 0 aliphatic heterocycles. The largest absolute Gasteiger partial charge is 0.480 e. The van der Waals surface area contributed by atoms with Crippen molar-refractivity contribution < 1.29 is 19.1 Å². The van der Waals surface area contributed by atoms with Gasteiger partial charge in [-0.2, -0.15) is 0 Å². The number of hydrogen-bond donors (Lipinski definition) is 2. The van der Waals surface area contributed by atoms with E-state index < -0.39 is 20.3 Å². The van der Waals surface area contributed by atoms with Crippen LogP contribution in [0.15, 0.2) is 0 Å². The van der Waals surface area contributed by atoms with Crippen LogP contribution in [0.1, 0.15) is 40.0 Å². The van der Waals surface area contributed by atoms with Crippen LogP contribution in [-0.2, 0) is 14.0 Å². The Morgan fingerprint density at radius 1 is 1.35 bits per heavy atom. The Kier molecular flexibility index (Phi) is 5.37. The van der Waals surface area contributed by atoms with Gasteiger partial charge in [0.2, 0.25) is 5.91 Å². The molecule has 1 atom stereocenters. The molecule has 0 bridgehead atoms. The van der Waals surface area contributed by atoms with E-state index in [0.29, 0.717) is 13.0 Å². The second-order valence-corrected chi connectivity index (χ2v) is 11.9. The maximum absolute atomic E-state index is 11.6. The molecule has 20 heavy (non-hydrogen) atoms. The van der Waals surface area contributed by atoms with Crippen LogP contribution in [0, 0.1) is 5.92 Å². The lowest BCUT2D eigenvalue weighted by molar-refractivity contribution is -0.142. The summed E-state index contributed by atoms with van der Waals surface area (Å²) in [5.41, 5.74) is 0. The third-order valence-corrected chi connectivity index (χ3v) is 8.78. The summed E-state index contributed by atoms with van der Waals surface area (Å²) in [7, 11) is -1.86. The van der Waals surface area contributed by atoms with Gasteiger partial charge in [-0.3, -0.25) is 4.79 Å². The van der Waals surface area contributed by atoms with E-state index in [0.717, 1.165) is 12.8 Å². The second kappa shape index (κ2) is 6.26. The van der Waals surface area contributed by atoms with Gasteiger partial charge in [-0.25, -0.2) is 4.79 Å². The summed E-state index contributed by atoms with van der Waals surface area (Å²) < 4.78 is 5.96. The molecule has 1 aliphatic rings. The van der Waals surface area contributed by atoms with Crippen molar-refractivity contribution >= 4 is 20.2 Å². The Balaban J connectivity index is 2.43. The van der Waals surface area contributed by atoms with Gasteiger partial charge in [0.15, 0.2) is 8.32 Å². The van der Waals surface area contributed by atoms with E-state index in [1.54, 1.807) is 0 Å². The van der Waals surface area contributed by atoms with Gasteiger partial charge >= 0.3 is 5.97 Å². The molecule has 5 nitrogen and oxygen atoms in total. The number of rotatable bonds is 7. The standard InChI is InChI=1S/C14H27NO4Si/c1-14(2,3)20(4,5)19-9-8-11(13(17)18)15-12(16)10-6-7-10/h10-11H,6-9H2,1-5H3,(H,15,16)(H,17,18)/t11-/m1/s1. The van der Waals surface area contributed by atoms with Crippen LogP contribution >= 0.6 is 0 Å². The molecule has 6 heteroatoms. The van der Waals surface area contributed by atoms with Crippen molar-refractivity contribution in [2.24, 2.45) is 5.92 Å². The Morgan fingerprint density at radius 2 is 1.90 bits per heavy atom. The summed E-state index contributed by atoms with van der Waals surface area (Å²) in [6, 6.07) is -0.840. The third kappa shape index (κ3) is 4.90. The normalized spacial score (nSPS) is 17.6. The first-order valence-corrected chi connectivity index (χ1v) is 10.1. The minimum Gasteiger partial charge on any atom is -0.480 e. The smallest absolute Gasteiger partial charge is 0.326 e. The number of aliphatic carboxylic acids is 1. The average molecular weight is 301 g/mol. The molecule has 0 aromatic carbocycles. The Hall–Kier alpha value is -0.883. The number of nitrogens with one attached hydrogen (secondary N) is 1. The van der Waals surface area contributed by atoms with Crippen molar-refractivity contribution in [2.75, 3.05) is 6.61 Å². The maximum Gasteiger partial charge on any atom is 0.326 e. The van der Waals surface area contributed by atoms with Crippen molar-refractivity contribution in [2.45, 2.75) is 64.2 Å². The minimum absolute atomic E-state index is 0.0261. The topological polar surface area (TPSA) is 75.6 Å². The summed E-state index contributed by atoms with van der Waals surface area (Å²) in [5.74, 6) is -1.10. The molecule has 2 N–H and O–H groups in total. The zero-order valence-electron chi connectivity index (χ0n) is 13.2. The second-order valence-electron chi connectivity index (χ2n) is 7.07. The van der Waals surface area contributed by atoms with Crippen molar-refractivity contribution in [1.82, 2.24) is 5.32 Å². The summed E-state index contributed by atoms with van der Waals surface area (Å²) in [4.78, 5) is 22.8. The quantitative estimate of drug-likeness (QED) is 0.708. The molecule has 116 valence electrons. The van der Waals surface area contributed by atoms with Crippen LogP contribution < -0.4 is 5.32 Å². The Morgan fingerprint density at radius 3 is 2.30 bits per heavy atom.